The lowest BCUT2D eigenvalue weighted by Gasteiger charge is -2.20. The van der Waals surface area contributed by atoms with Crippen molar-refractivity contribution in [2.45, 2.75) is 13.8 Å². The first-order valence-electron chi connectivity index (χ1n) is 4.40. The van der Waals surface area contributed by atoms with Crippen molar-refractivity contribution in [3.8, 4) is 0 Å². The lowest BCUT2D eigenvalue weighted by Crippen LogP contribution is -2.34. The van der Waals surface area contributed by atoms with Crippen molar-refractivity contribution in [1.82, 2.24) is 4.90 Å². The molecular weight excluding hydrogens is 172 g/mol. The summed E-state index contributed by atoms with van der Waals surface area (Å²) in [4.78, 5) is 2.21. The Morgan fingerprint density at radius 2 is 1.50 bits per heavy atom. The Kier molecular flexibility index (Phi) is 13.5. The molecule has 12 heavy (non-hydrogen) atoms. The smallest absolute Gasteiger partial charge is 0.0362 e. The Balaban J connectivity index is 0. The highest BCUT2D eigenvalue weighted by atomic mass is 32.2. The standard InChI is InChI=1S/C5H11NOS.C2H6.CH5N/c1-6-2-4-8(7)5-3-6;2*1-2/h2-5H2,1H3;1-2H3;2H2,1H3. The van der Waals surface area contributed by atoms with E-state index in [0.29, 0.717) is 0 Å². The van der Waals surface area contributed by atoms with Crippen LogP contribution in [0.25, 0.3) is 0 Å². The molecule has 0 aromatic carbocycles. The van der Waals surface area contributed by atoms with E-state index < -0.39 is 10.8 Å². The largest absolute Gasteiger partial charge is 0.333 e. The van der Waals surface area contributed by atoms with E-state index in [1.807, 2.05) is 13.8 Å². The molecule has 1 fully saturated rings. The van der Waals surface area contributed by atoms with Crippen LogP contribution in [0.4, 0.5) is 0 Å². The zero-order valence-electron chi connectivity index (χ0n) is 8.67. The van der Waals surface area contributed by atoms with Gasteiger partial charge in [0.25, 0.3) is 0 Å². The van der Waals surface area contributed by atoms with Crippen LogP contribution in [0.3, 0.4) is 0 Å². The molecule has 1 heterocycles. The van der Waals surface area contributed by atoms with Crippen molar-refractivity contribution in [2.75, 3.05) is 38.7 Å². The van der Waals surface area contributed by atoms with E-state index in [2.05, 4.69) is 17.7 Å². The highest BCUT2D eigenvalue weighted by Gasteiger charge is 2.09. The van der Waals surface area contributed by atoms with Crippen LogP contribution in [-0.4, -0.2) is 47.8 Å². The molecule has 1 rings (SSSR count). The van der Waals surface area contributed by atoms with Crippen LogP contribution in [0.1, 0.15) is 13.8 Å². The zero-order chi connectivity index (χ0) is 9.98. The maximum Gasteiger partial charge on any atom is 0.0362 e. The van der Waals surface area contributed by atoms with Crippen LogP contribution in [0.2, 0.25) is 0 Å². The number of hydrogen-bond acceptors (Lipinski definition) is 3. The van der Waals surface area contributed by atoms with E-state index >= 15 is 0 Å². The van der Waals surface area contributed by atoms with Gasteiger partial charge < -0.3 is 10.6 Å². The molecule has 0 amide bonds. The van der Waals surface area contributed by atoms with Crippen molar-refractivity contribution >= 4 is 10.8 Å². The van der Waals surface area contributed by atoms with Gasteiger partial charge >= 0.3 is 0 Å². The lowest BCUT2D eigenvalue weighted by molar-refractivity contribution is 0.367. The molecule has 2 N–H and O–H groups in total. The third-order valence-corrected chi connectivity index (χ3v) is 2.68. The van der Waals surface area contributed by atoms with Gasteiger partial charge in [0.1, 0.15) is 0 Å². The lowest BCUT2D eigenvalue weighted by atomic mass is 10.6. The molecule has 0 radical (unpaired) electrons. The fourth-order valence-electron chi connectivity index (χ4n) is 0.729. The predicted molar refractivity (Wildman–Crippen MR) is 56.8 cm³/mol. The second-order valence-corrected chi connectivity index (χ2v) is 3.85. The Morgan fingerprint density at radius 3 is 1.75 bits per heavy atom. The molecule has 0 saturated carbocycles. The summed E-state index contributed by atoms with van der Waals surface area (Å²) in [6, 6.07) is 0. The van der Waals surface area contributed by atoms with Crippen molar-refractivity contribution < 1.29 is 4.21 Å². The Labute approximate surface area is 78.8 Å². The van der Waals surface area contributed by atoms with Crippen LogP contribution in [0.15, 0.2) is 0 Å². The molecule has 4 heteroatoms. The second-order valence-electron chi connectivity index (χ2n) is 2.15. The monoisotopic (exact) mass is 194 g/mol. The van der Waals surface area contributed by atoms with Crippen LogP contribution in [-0.2, 0) is 10.8 Å². The molecule has 3 nitrogen and oxygen atoms in total. The van der Waals surface area contributed by atoms with Crippen LogP contribution >= 0.6 is 0 Å². The molecule has 1 saturated heterocycles. The summed E-state index contributed by atoms with van der Waals surface area (Å²) in [6.45, 7) is 6.01. The van der Waals surface area contributed by atoms with Gasteiger partial charge in [0.2, 0.25) is 0 Å². The van der Waals surface area contributed by atoms with Gasteiger partial charge in [-0.1, -0.05) is 13.8 Å². The highest BCUT2D eigenvalue weighted by molar-refractivity contribution is 7.85. The fourth-order valence-corrected chi connectivity index (χ4v) is 1.96. The number of rotatable bonds is 0. The molecule has 0 spiro atoms. The number of nitrogens with zero attached hydrogens (tertiary/aromatic N) is 1. The van der Waals surface area contributed by atoms with Gasteiger partial charge in [-0.3, -0.25) is 4.21 Å². The van der Waals surface area contributed by atoms with Crippen molar-refractivity contribution in [3.63, 3.8) is 0 Å². The minimum absolute atomic E-state index is 0.503. The van der Waals surface area contributed by atoms with Gasteiger partial charge in [-0.25, -0.2) is 0 Å². The van der Waals surface area contributed by atoms with Gasteiger partial charge in [-0.05, 0) is 14.1 Å². The average molecular weight is 194 g/mol. The molecule has 76 valence electrons. The first kappa shape index (κ1) is 14.6. The molecule has 1 aliphatic rings. The molecule has 0 aromatic rings. The molecule has 1 aliphatic heterocycles. The van der Waals surface area contributed by atoms with E-state index in [0.717, 1.165) is 24.6 Å². The molecule has 0 bridgehead atoms. The summed E-state index contributed by atoms with van der Waals surface area (Å²) in [6.07, 6.45) is 0. The zero-order valence-corrected chi connectivity index (χ0v) is 9.49. The highest BCUT2D eigenvalue weighted by Crippen LogP contribution is 1.94. The second kappa shape index (κ2) is 11.1. The summed E-state index contributed by atoms with van der Waals surface area (Å²) in [5, 5.41) is 0. The molecular formula is C8H22N2OS. The summed E-state index contributed by atoms with van der Waals surface area (Å²) in [5.41, 5.74) is 4.50. The van der Waals surface area contributed by atoms with Gasteiger partial charge in [0.05, 0.1) is 0 Å². The maximum atomic E-state index is 10.7. The van der Waals surface area contributed by atoms with Crippen molar-refractivity contribution in [1.29, 1.82) is 0 Å². The average Bonchev–Trinajstić information content (AvgIpc) is 2.17. The van der Waals surface area contributed by atoms with E-state index in [9.17, 15) is 4.21 Å². The fraction of sp³-hybridized carbons (Fsp3) is 1.00. The molecule has 0 aliphatic carbocycles. The van der Waals surface area contributed by atoms with Crippen LogP contribution in [0.5, 0.6) is 0 Å². The first-order chi connectivity index (χ1) is 5.79. The van der Waals surface area contributed by atoms with E-state index in [-0.39, 0.29) is 0 Å². The third kappa shape index (κ3) is 8.17. The topological polar surface area (TPSA) is 46.3 Å². The van der Waals surface area contributed by atoms with E-state index in [4.69, 9.17) is 0 Å². The minimum Gasteiger partial charge on any atom is -0.333 e. The Hall–Kier alpha value is 0.0700. The van der Waals surface area contributed by atoms with E-state index in [1.54, 1.807) is 0 Å². The third-order valence-electron chi connectivity index (χ3n) is 1.40. The molecule has 0 aromatic heterocycles. The number of nitrogens with two attached hydrogens (primary N) is 1. The Bertz CT molecular complexity index is 99.2. The van der Waals surface area contributed by atoms with Crippen LogP contribution in [0, 0.1) is 0 Å². The van der Waals surface area contributed by atoms with Gasteiger partial charge in [0, 0.05) is 35.4 Å². The first-order valence-corrected chi connectivity index (χ1v) is 5.89. The summed E-state index contributed by atoms with van der Waals surface area (Å²) in [5.74, 6) is 1.74. The minimum atomic E-state index is -0.503. The summed E-state index contributed by atoms with van der Waals surface area (Å²) >= 11 is 0. The Morgan fingerprint density at radius 1 is 1.17 bits per heavy atom. The SMILES string of the molecule is CC.CN.CN1CCS(=O)CC1. The van der Waals surface area contributed by atoms with Gasteiger partial charge in [-0.2, -0.15) is 0 Å². The molecule has 0 unspecified atom stereocenters. The summed E-state index contributed by atoms with van der Waals surface area (Å²) in [7, 11) is 3.06. The van der Waals surface area contributed by atoms with Crippen LogP contribution < -0.4 is 5.73 Å². The van der Waals surface area contributed by atoms with Crippen molar-refractivity contribution in [2.24, 2.45) is 5.73 Å². The quantitative estimate of drug-likeness (QED) is 0.602. The van der Waals surface area contributed by atoms with E-state index in [1.165, 1.54) is 7.05 Å². The summed E-state index contributed by atoms with van der Waals surface area (Å²) < 4.78 is 10.7. The predicted octanol–water partition coefficient (Wildman–Crippen LogP) is 0.282. The van der Waals surface area contributed by atoms with Gasteiger partial charge in [0.15, 0.2) is 0 Å². The van der Waals surface area contributed by atoms with Crippen molar-refractivity contribution in [3.05, 3.63) is 0 Å². The maximum absolute atomic E-state index is 10.7. The normalized spacial score (nSPS) is 18.4. The van der Waals surface area contributed by atoms with Gasteiger partial charge in [-0.15, -0.1) is 0 Å². The number of hydrogen-bond donors (Lipinski definition) is 1. The molecule has 0 atom stereocenters.